The number of amides is 2. The lowest BCUT2D eigenvalue weighted by Gasteiger charge is -2.09. The van der Waals surface area contributed by atoms with Crippen LogP contribution >= 0.6 is 11.6 Å². The molecule has 0 bridgehead atoms. The number of aryl methyl sites for hydroxylation is 2. The van der Waals surface area contributed by atoms with Crippen LogP contribution in [0.4, 0.5) is 5.69 Å². The molecule has 0 saturated heterocycles. The van der Waals surface area contributed by atoms with Gasteiger partial charge in [-0.1, -0.05) is 41.4 Å². The molecule has 2 aromatic carbocycles. The molecule has 0 aliphatic rings. The van der Waals surface area contributed by atoms with Crippen LogP contribution in [0.3, 0.4) is 0 Å². The number of rotatable bonds is 6. The van der Waals surface area contributed by atoms with Gasteiger partial charge in [0.25, 0.3) is 0 Å². The van der Waals surface area contributed by atoms with E-state index in [1.54, 1.807) is 6.07 Å². The van der Waals surface area contributed by atoms with Crippen molar-refractivity contribution in [3.63, 3.8) is 0 Å². The molecule has 2 amide bonds. The van der Waals surface area contributed by atoms with E-state index in [4.69, 9.17) is 11.6 Å². The zero-order valence-electron chi connectivity index (χ0n) is 13.9. The third-order valence-corrected chi connectivity index (χ3v) is 3.84. The fourth-order valence-corrected chi connectivity index (χ4v) is 2.61. The van der Waals surface area contributed by atoms with E-state index in [0.717, 1.165) is 22.4 Å². The van der Waals surface area contributed by atoms with Crippen LogP contribution in [-0.2, 0) is 16.0 Å². The van der Waals surface area contributed by atoms with Crippen LogP contribution in [0.15, 0.2) is 42.5 Å². The molecule has 2 aromatic rings. The first-order valence-corrected chi connectivity index (χ1v) is 8.20. The largest absolute Gasteiger partial charge is 0.355 e. The van der Waals surface area contributed by atoms with Crippen molar-refractivity contribution >= 4 is 29.1 Å². The predicted octanol–water partition coefficient (Wildman–Crippen LogP) is 3.64. The second-order valence-corrected chi connectivity index (χ2v) is 6.21. The highest BCUT2D eigenvalue weighted by Gasteiger charge is 2.10. The Hall–Kier alpha value is -2.33. The summed E-state index contributed by atoms with van der Waals surface area (Å²) in [5.74, 6) is -0.610. The molecule has 0 aromatic heterocycles. The molecule has 0 fully saturated rings. The molecule has 0 aliphatic heterocycles. The maximum Gasteiger partial charge on any atom is 0.233 e. The van der Waals surface area contributed by atoms with E-state index in [9.17, 15) is 9.59 Å². The molecule has 2 rings (SSSR count). The molecule has 4 nitrogen and oxygen atoms in total. The van der Waals surface area contributed by atoms with E-state index in [1.807, 2.05) is 50.2 Å². The number of benzene rings is 2. The van der Waals surface area contributed by atoms with Gasteiger partial charge in [0.15, 0.2) is 0 Å². The van der Waals surface area contributed by atoms with Crippen molar-refractivity contribution in [3.8, 4) is 0 Å². The van der Waals surface area contributed by atoms with Crippen LogP contribution in [-0.4, -0.2) is 18.4 Å². The van der Waals surface area contributed by atoms with Crippen LogP contribution in [0, 0.1) is 13.8 Å². The Morgan fingerprint density at radius 2 is 1.83 bits per heavy atom. The predicted molar refractivity (Wildman–Crippen MR) is 97.3 cm³/mol. The number of halogens is 1. The van der Waals surface area contributed by atoms with Gasteiger partial charge in [-0.05, 0) is 49.6 Å². The number of hydrogen-bond acceptors (Lipinski definition) is 2. The van der Waals surface area contributed by atoms with Gasteiger partial charge in [0.1, 0.15) is 6.42 Å². The lowest BCUT2D eigenvalue weighted by atomic mass is 10.1. The first-order chi connectivity index (χ1) is 11.4. The molecule has 0 unspecified atom stereocenters. The highest BCUT2D eigenvalue weighted by atomic mass is 35.5. The second-order valence-electron chi connectivity index (χ2n) is 5.77. The Labute approximate surface area is 147 Å². The molecule has 24 heavy (non-hydrogen) atoms. The van der Waals surface area contributed by atoms with Crippen LogP contribution in [0.2, 0.25) is 5.02 Å². The molecule has 0 radical (unpaired) electrons. The van der Waals surface area contributed by atoms with Crippen molar-refractivity contribution in [2.75, 3.05) is 11.9 Å². The quantitative estimate of drug-likeness (QED) is 0.786. The van der Waals surface area contributed by atoms with Gasteiger partial charge in [-0.15, -0.1) is 0 Å². The summed E-state index contributed by atoms with van der Waals surface area (Å²) >= 11 is 5.91. The van der Waals surface area contributed by atoms with Crippen molar-refractivity contribution in [1.29, 1.82) is 0 Å². The van der Waals surface area contributed by atoms with Crippen LogP contribution in [0.5, 0.6) is 0 Å². The van der Waals surface area contributed by atoms with Gasteiger partial charge >= 0.3 is 0 Å². The minimum absolute atomic E-state index is 0.192. The molecule has 2 N–H and O–H groups in total. The maximum absolute atomic E-state index is 11.9. The van der Waals surface area contributed by atoms with E-state index < -0.39 is 0 Å². The summed E-state index contributed by atoms with van der Waals surface area (Å²) in [4.78, 5) is 23.8. The number of hydrogen-bond donors (Lipinski definition) is 2. The first-order valence-electron chi connectivity index (χ1n) is 7.82. The summed E-state index contributed by atoms with van der Waals surface area (Å²) in [6, 6.07) is 13.2. The van der Waals surface area contributed by atoms with Crippen LogP contribution in [0.1, 0.15) is 23.1 Å². The fourth-order valence-electron chi connectivity index (χ4n) is 2.40. The summed E-state index contributed by atoms with van der Waals surface area (Å²) < 4.78 is 0. The number of anilines is 1. The fraction of sp³-hybridized carbons (Fsp3) is 0.263. The zero-order valence-corrected chi connectivity index (χ0v) is 14.6. The lowest BCUT2D eigenvalue weighted by Crippen LogP contribution is -2.29. The third-order valence-electron chi connectivity index (χ3n) is 3.60. The van der Waals surface area contributed by atoms with E-state index in [0.29, 0.717) is 18.0 Å². The summed E-state index contributed by atoms with van der Waals surface area (Å²) in [7, 11) is 0. The van der Waals surface area contributed by atoms with Gasteiger partial charge in [0, 0.05) is 17.3 Å². The van der Waals surface area contributed by atoms with Crippen molar-refractivity contribution in [3.05, 3.63) is 64.2 Å². The Morgan fingerprint density at radius 3 is 2.54 bits per heavy atom. The van der Waals surface area contributed by atoms with Crippen LogP contribution in [0.25, 0.3) is 0 Å². The molecule has 0 atom stereocenters. The molecular formula is C19H21ClN2O2. The number of nitrogens with one attached hydrogen (secondary N) is 2. The smallest absolute Gasteiger partial charge is 0.233 e. The summed E-state index contributed by atoms with van der Waals surface area (Å²) in [5.41, 5.74) is 3.88. The highest BCUT2D eigenvalue weighted by molar-refractivity contribution is 6.30. The SMILES string of the molecule is Cc1ccc(NC(=O)CC(=O)NCCc2cccc(Cl)c2)c(C)c1. The molecule has 0 spiro atoms. The molecular weight excluding hydrogens is 324 g/mol. The number of carbonyl (C=O) groups excluding carboxylic acids is 2. The molecule has 0 aliphatic carbocycles. The van der Waals surface area contributed by atoms with Crippen molar-refractivity contribution in [2.45, 2.75) is 26.7 Å². The summed E-state index contributed by atoms with van der Waals surface area (Å²) in [6.07, 6.45) is 0.480. The van der Waals surface area contributed by atoms with E-state index in [-0.39, 0.29) is 18.2 Å². The normalized spacial score (nSPS) is 10.3. The van der Waals surface area contributed by atoms with Gasteiger partial charge < -0.3 is 10.6 Å². The molecule has 0 heterocycles. The maximum atomic E-state index is 11.9. The van der Waals surface area contributed by atoms with Crippen molar-refractivity contribution < 1.29 is 9.59 Å². The standard InChI is InChI=1S/C19H21ClN2O2/c1-13-6-7-17(14(2)10-13)22-19(24)12-18(23)21-9-8-15-4-3-5-16(20)11-15/h3-7,10-11H,8-9,12H2,1-2H3,(H,21,23)(H,22,24). The van der Waals surface area contributed by atoms with Gasteiger partial charge in [0.05, 0.1) is 0 Å². The van der Waals surface area contributed by atoms with Crippen molar-refractivity contribution in [1.82, 2.24) is 5.32 Å². The first kappa shape index (κ1) is 18.0. The van der Waals surface area contributed by atoms with Gasteiger partial charge in [-0.3, -0.25) is 9.59 Å². The Balaban J connectivity index is 1.76. The van der Waals surface area contributed by atoms with Crippen LogP contribution < -0.4 is 10.6 Å². The minimum atomic E-state index is -0.317. The number of carbonyl (C=O) groups is 2. The Kier molecular flexibility index (Phi) is 6.38. The van der Waals surface area contributed by atoms with Gasteiger partial charge in [-0.25, -0.2) is 0 Å². The highest BCUT2D eigenvalue weighted by Crippen LogP contribution is 2.16. The Morgan fingerprint density at radius 1 is 1.04 bits per heavy atom. The summed E-state index contributed by atoms with van der Waals surface area (Å²) in [5, 5.41) is 6.19. The molecule has 5 heteroatoms. The minimum Gasteiger partial charge on any atom is -0.355 e. The average Bonchev–Trinajstić information content (AvgIpc) is 2.50. The van der Waals surface area contributed by atoms with E-state index in [1.165, 1.54) is 0 Å². The monoisotopic (exact) mass is 344 g/mol. The van der Waals surface area contributed by atoms with Gasteiger partial charge in [-0.2, -0.15) is 0 Å². The topological polar surface area (TPSA) is 58.2 Å². The average molecular weight is 345 g/mol. The van der Waals surface area contributed by atoms with E-state index >= 15 is 0 Å². The molecule has 0 saturated carbocycles. The third kappa shape index (κ3) is 5.70. The summed E-state index contributed by atoms with van der Waals surface area (Å²) in [6.45, 7) is 4.38. The lowest BCUT2D eigenvalue weighted by molar-refractivity contribution is -0.126. The van der Waals surface area contributed by atoms with E-state index in [2.05, 4.69) is 10.6 Å². The van der Waals surface area contributed by atoms with Crippen molar-refractivity contribution in [2.24, 2.45) is 0 Å². The second kappa shape index (κ2) is 8.50. The van der Waals surface area contributed by atoms with Gasteiger partial charge in [0.2, 0.25) is 11.8 Å². The zero-order chi connectivity index (χ0) is 17.5. The Bertz CT molecular complexity index is 744. The molecule has 126 valence electrons.